The van der Waals surface area contributed by atoms with Gasteiger partial charge in [0.05, 0.1) is 5.54 Å². The van der Waals surface area contributed by atoms with Crippen LogP contribution in [0.2, 0.25) is 0 Å². The van der Waals surface area contributed by atoms with E-state index in [1.807, 2.05) is 32.0 Å². The predicted octanol–water partition coefficient (Wildman–Crippen LogP) is 2.49. The minimum atomic E-state index is -0.558. The van der Waals surface area contributed by atoms with E-state index in [9.17, 15) is 4.79 Å². The standard InChI is InChI=1S/C14H22N2O/c1-6-11-9-12(8-7-10(11)2)16-13(17)14(3,4)15-5/h7-9,15H,6H2,1-5H3,(H,16,17). The van der Waals surface area contributed by atoms with Crippen LogP contribution in [0.1, 0.15) is 31.9 Å². The summed E-state index contributed by atoms with van der Waals surface area (Å²) in [6.45, 7) is 7.92. The predicted molar refractivity (Wildman–Crippen MR) is 72.3 cm³/mol. The van der Waals surface area contributed by atoms with Gasteiger partial charge in [0.1, 0.15) is 0 Å². The fourth-order valence-corrected chi connectivity index (χ4v) is 1.53. The molecular formula is C14H22N2O. The molecule has 0 aromatic heterocycles. The number of hydrogen-bond acceptors (Lipinski definition) is 2. The zero-order valence-electron chi connectivity index (χ0n) is 11.3. The lowest BCUT2D eigenvalue weighted by Gasteiger charge is -2.23. The van der Waals surface area contributed by atoms with Gasteiger partial charge in [-0.2, -0.15) is 0 Å². The highest BCUT2D eigenvalue weighted by Gasteiger charge is 2.25. The molecular weight excluding hydrogens is 212 g/mol. The van der Waals surface area contributed by atoms with Crippen LogP contribution in [0.15, 0.2) is 18.2 Å². The van der Waals surface area contributed by atoms with Crippen LogP contribution >= 0.6 is 0 Å². The molecule has 0 heterocycles. The first-order chi connectivity index (χ1) is 7.90. The number of carbonyl (C=O) groups excluding carboxylic acids is 1. The van der Waals surface area contributed by atoms with Crippen molar-refractivity contribution in [2.75, 3.05) is 12.4 Å². The van der Waals surface area contributed by atoms with E-state index in [1.54, 1.807) is 7.05 Å². The number of amides is 1. The first-order valence-electron chi connectivity index (χ1n) is 6.00. The molecule has 3 heteroatoms. The second-order valence-electron chi connectivity index (χ2n) is 4.82. The molecule has 1 rings (SSSR count). The van der Waals surface area contributed by atoms with Crippen LogP contribution in [-0.2, 0) is 11.2 Å². The highest BCUT2D eigenvalue weighted by atomic mass is 16.2. The van der Waals surface area contributed by atoms with Crippen molar-refractivity contribution < 1.29 is 4.79 Å². The summed E-state index contributed by atoms with van der Waals surface area (Å²) in [5.74, 6) is -0.0223. The van der Waals surface area contributed by atoms with E-state index < -0.39 is 5.54 Å². The average Bonchev–Trinajstić information content (AvgIpc) is 2.31. The third-order valence-electron chi connectivity index (χ3n) is 3.18. The van der Waals surface area contributed by atoms with Gasteiger partial charge >= 0.3 is 0 Å². The molecule has 0 radical (unpaired) electrons. The van der Waals surface area contributed by atoms with Crippen LogP contribution in [0.25, 0.3) is 0 Å². The van der Waals surface area contributed by atoms with Gasteiger partial charge in [0, 0.05) is 5.69 Å². The first kappa shape index (κ1) is 13.7. The Labute approximate surface area is 104 Å². The Kier molecular flexibility index (Phi) is 4.29. The Bertz CT molecular complexity index is 411. The lowest BCUT2D eigenvalue weighted by molar-refractivity contribution is -0.121. The second-order valence-corrected chi connectivity index (χ2v) is 4.82. The molecule has 0 unspecified atom stereocenters. The summed E-state index contributed by atoms with van der Waals surface area (Å²) in [6.07, 6.45) is 0.977. The third-order valence-corrected chi connectivity index (χ3v) is 3.18. The maximum absolute atomic E-state index is 12.0. The number of likely N-dealkylation sites (N-methyl/N-ethyl adjacent to an activating group) is 1. The molecule has 0 saturated carbocycles. The molecule has 0 aliphatic rings. The summed E-state index contributed by atoms with van der Waals surface area (Å²) in [7, 11) is 1.78. The molecule has 3 nitrogen and oxygen atoms in total. The quantitative estimate of drug-likeness (QED) is 0.840. The lowest BCUT2D eigenvalue weighted by atomic mass is 10.0. The smallest absolute Gasteiger partial charge is 0.244 e. The maximum Gasteiger partial charge on any atom is 0.244 e. The number of hydrogen-bond donors (Lipinski definition) is 2. The lowest BCUT2D eigenvalue weighted by Crippen LogP contribution is -2.47. The normalized spacial score (nSPS) is 11.4. The summed E-state index contributed by atoms with van der Waals surface area (Å²) in [4.78, 5) is 12.0. The number of anilines is 1. The molecule has 0 fully saturated rings. The Hall–Kier alpha value is -1.35. The van der Waals surface area contributed by atoms with Gasteiger partial charge in [-0.05, 0) is 57.5 Å². The van der Waals surface area contributed by atoms with Gasteiger partial charge in [-0.15, -0.1) is 0 Å². The van der Waals surface area contributed by atoms with Crippen LogP contribution in [0.5, 0.6) is 0 Å². The SMILES string of the molecule is CCc1cc(NC(=O)C(C)(C)NC)ccc1C. The van der Waals surface area contributed by atoms with Crippen LogP contribution in [0.4, 0.5) is 5.69 Å². The summed E-state index contributed by atoms with van der Waals surface area (Å²) < 4.78 is 0. The number of rotatable bonds is 4. The Morgan fingerprint density at radius 1 is 1.35 bits per heavy atom. The van der Waals surface area contributed by atoms with Gasteiger partial charge in [0.15, 0.2) is 0 Å². The van der Waals surface area contributed by atoms with Crippen molar-refractivity contribution in [3.63, 3.8) is 0 Å². The maximum atomic E-state index is 12.0. The molecule has 0 bridgehead atoms. The van der Waals surface area contributed by atoms with Gasteiger partial charge in [0.25, 0.3) is 0 Å². The molecule has 0 atom stereocenters. The van der Waals surface area contributed by atoms with Gasteiger partial charge in [-0.3, -0.25) is 4.79 Å². The molecule has 17 heavy (non-hydrogen) atoms. The van der Waals surface area contributed by atoms with E-state index in [0.717, 1.165) is 12.1 Å². The zero-order valence-corrected chi connectivity index (χ0v) is 11.3. The van der Waals surface area contributed by atoms with Crippen molar-refractivity contribution in [1.29, 1.82) is 0 Å². The minimum absolute atomic E-state index is 0.0223. The molecule has 1 aromatic carbocycles. The fourth-order valence-electron chi connectivity index (χ4n) is 1.53. The van der Waals surface area contributed by atoms with Gasteiger partial charge in [-0.25, -0.2) is 0 Å². The van der Waals surface area contributed by atoms with Gasteiger partial charge in [0.2, 0.25) is 5.91 Å². The van der Waals surface area contributed by atoms with Crippen LogP contribution in [0.3, 0.4) is 0 Å². The largest absolute Gasteiger partial charge is 0.324 e. The molecule has 2 N–H and O–H groups in total. The summed E-state index contributed by atoms with van der Waals surface area (Å²) in [5.41, 5.74) is 2.83. The third kappa shape index (κ3) is 3.30. The number of carbonyl (C=O) groups is 1. The zero-order chi connectivity index (χ0) is 13.1. The number of nitrogens with one attached hydrogen (secondary N) is 2. The Morgan fingerprint density at radius 2 is 2.00 bits per heavy atom. The second kappa shape index (κ2) is 5.32. The molecule has 0 aliphatic heterocycles. The number of aryl methyl sites for hydroxylation is 2. The van der Waals surface area contributed by atoms with Crippen molar-refractivity contribution in [2.24, 2.45) is 0 Å². The van der Waals surface area contributed by atoms with Crippen LogP contribution in [0, 0.1) is 6.92 Å². The highest BCUT2D eigenvalue weighted by molar-refractivity contribution is 5.97. The summed E-state index contributed by atoms with van der Waals surface area (Å²) in [5, 5.41) is 5.92. The van der Waals surface area contributed by atoms with Gasteiger partial charge in [-0.1, -0.05) is 13.0 Å². The van der Waals surface area contributed by atoms with E-state index in [1.165, 1.54) is 11.1 Å². The average molecular weight is 234 g/mol. The Morgan fingerprint density at radius 3 is 2.53 bits per heavy atom. The molecule has 0 spiro atoms. The topological polar surface area (TPSA) is 41.1 Å². The van der Waals surface area contributed by atoms with Gasteiger partial charge < -0.3 is 10.6 Å². The molecule has 0 saturated heterocycles. The van der Waals surface area contributed by atoms with Crippen molar-refractivity contribution in [3.8, 4) is 0 Å². The van der Waals surface area contributed by atoms with Crippen molar-refractivity contribution in [3.05, 3.63) is 29.3 Å². The van der Waals surface area contributed by atoms with E-state index in [-0.39, 0.29) is 5.91 Å². The summed E-state index contributed by atoms with van der Waals surface area (Å²) in [6, 6.07) is 6.03. The summed E-state index contributed by atoms with van der Waals surface area (Å²) >= 11 is 0. The van der Waals surface area contributed by atoms with Crippen LogP contribution in [-0.4, -0.2) is 18.5 Å². The van der Waals surface area contributed by atoms with Crippen molar-refractivity contribution in [2.45, 2.75) is 39.7 Å². The molecule has 1 amide bonds. The van der Waals surface area contributed by atoms with Crippen molar-refractivity contribution >= 4 is 11.6 Å². The molecule has 0 aliphatic carbocycles. The van der Waals surface area contributed by atoms with E-state index >= 15 is 0 Å². The minimum Gasteiger partial charge on any atom is -0.324 e. The van der Waals surface area contributed by atoms with Crippen molar-refractivity contribution in [1.82, 2.24) is 5.32 Å². The highest BCUT2D eigenvalue weighted by Crippen LogP contribution is 2.17. The van der Waals surface area contributed by atoms with Crippen LogP contribution < -0.4 is 10.6 Å². The Balaban J connectivity index is 2.86. The molecule has 94 valence electrons. The fraction of sp³-hybridized carbons (Fsp3) is 0.500. The van der Waals surface area contributed by atoms with E-state index in [2.05, 4.69) is 24.5 Å². The van der Waals surface area contributed by atoms with E-state index in [4.69, 9.17) is 0 Å². The van der Waals surface area contributed by atoms with E-state index in [0.29, 0.717) is 0 Å². The first-order valence-corrected chi connectivity index (χ1v) is 6.00. The molecule has 1 aromatic rings. The number of benzene rings is 1. The monoisotopic (exact) mass is 234 g/mol.